The van der Waals surface area contributed by atoms with Crippen molar-refractivity contribution in [3.63, 3.8) is 0 Å². The lowest BCUT2D eigenvalue weighted by atomic mass is 10.1. The van der Waals surface area contributed by atoms with Crippen LogP contribution < -0.4 is 15.4 Å². The molecular weight excluding hydrogens is 264 g/mol. The van der Waals surface area contributed by atoms with E-state index in [0.717, 1.165) is 41.6 Å². The molecule has 0 aliphatic carbocycles. The summed E-state index contributed by atoms with van der Waals surface area (Å²) in [5.41, 5.74) is 8.92. The number of nitrogens with zero attached hydrogens (tertiary/aromatic N) is 3. The normalized spacial score (nSPS) is 14.5. The Bertz CT molecular complexity index is 651. The van der Waals surface area contributed by atoms with Gasteiger partial charge in [0.05, 0.1) is 12.8 Å². The predicted molar refractivity (Wildman–Crippen MR) is 84.6 cm³/mol. The van der Waals surface area contributed by atoms with Crippen molar-refractivity contribution in [2.45, 2.75) is 19.8 Å². The molecule has 5 heteroatoms. The van der Waals surface area contributed by atoms with Gasteiger partial charge in [0.15, 0.2) is 0 Å². The molecule has 0 unspecified atom stereocenters. The summed E-state index contributed by atoms with van der Waals surface area (Å²) >= 11 is 0. The molecule has 110 valence electrons. The van der Waals surface area contributed by atoms with E-state index >= 15 is 0 Å². The second-order valence-electron chi connectivity index (χ2n) is 5.36. The Morgan fingerprint density at radius 2 is 1.90 bits per heavy atom. The van der Waals surface area contributed by atoms with Gasteiger partial charge in [-0.3, -0.25) is 0 Å². The number of anilines is 2. The lowest BCUT2D eigenvalue weighted by molar-refractivity contribution is 0.412. The third-order valence-corrected chi connectivity index (χ3v) is 3.81. The third-order valence-electron chi connectivity index (χ3n) is 3.81. The van der Waals surface area contributed by atoms with Crippen molar-refractivity contribution in [3.05, 3.63) is 29.8 Å². The van der Waals surface area contributed by atoms with Crippen LogP contribution in [-0.2, 0) is 0 Å². The summed E-state index contributed by atoms with van der Waals surface area (Å²) in [5.74, 6) is 2.12. The van der Waals surface area contributed by atoms with E-state index in [1.165, 1.54) is 12.8 Å². The highest BCUT2D eigenvalue weighted by Gasteiger charge is 2.16. The first-order chi connectivity index (χ1) is 10.2. The number of ether oxygens (including phenoxy) is 1. The van der Waals surface area contributed by atoms with Gasteiger partial charge in [-0.15, -0.1) is 0 Å². The summed E-state index contributed by atoms with van der Waals surface area (Å²) in [6.07, 6.45) is 2.38. The number of hydrogen-bond donors (Lipinski definition) is 1. The molecule has 5 nitrogen and oxygen atoms in total. The van der Waals surface area contributed by atoms with Crippen LogP contribution in [0, 0.1) is 6.92 Å². The summed E-state index contributed by atoms with van der Waals surface area (Å²) in [6.45, 7) is 4.03. The van der Waals surface area contributed by atoms with Crippen LogP contribution in [0.4, 0.5) is 11.8 Å². The minimum absolute atomic E-state index is 0.510. The topological polar surface area (TPSA) is 64.3 Å². The second kappa shape index (κ2) is 5.60. The first kappa shape index (κ1) is 13.7. The Hall–Kier alpha value is -2.30. The van der Waals surface area contributed by atoms with Crippen LogP contribution in [0.1, 0.15) is 18.4 Å². The van der Waals surface area contributed by atoms with Gasteiger partial charge in [-0.2, -0.15) is 4.98 Å². The van der Waals surface area contributed by atoms with Gasteiger partial charge in [-0.05, 0) is 43.5 Å². The summed E-state index contributed by atoms with van der Waals surface area (Å²) in [7, 11) is 1.68. The van der Waals surface area contributed by atoms with Crippen molar-refractivity contribution in [2.24, 2.45) is 0 Å². The van der Waals surface area contributed by atoms with Crippen molar-refractivity contribution in [2.75, 3.05) is 30.8 Å². The second-order valence-corrected chi connectivity index (χ2v) is 5.36. The van der Waals surface area contributed by atoms with Crippen molar-refractivity contribution in [3.8, 4) is 17.0 Å². The quantitative estimate of drug-likeness (QED) is 0.938. The Kier molecular flexibility index (Phi) is 3.64. The highest BCUT2D eigenvalue weighted by molar-refractivity contribution is 5.66. The van der Waals surface area contributed by atoms with E-state index in [1.807, 2.05) is 25.1 Å². The molecule has 0 atom stereocenters. The molecule has 21 heavy (non-hydrogen) atoms. The fraction of sp³-hybridized carbons (Fsp3) is 0.375. The van der Waals surface area contributed by atoms with E-state index in [-0.39, 0.29) is 0 Å². The first-order valence-corrected chi connectivity index (χ1v) is 7.22. The Morgan fingerprint density at radius 3 is 2.57 bits per heavy atom. The first-order valence-electron chi connectivity index (χ1n) is 7.22. The van der Waals surface area contributed by atoms with Crippen LogP contribution in [0.2, 0.25) is 0 Å². The number of aryl methyl sites for hydroxylation is 1. The maximum absolute atomic E-state index is 5.96. The maximum atomic E-state index is 5.96. The van der Waals surface area contributed by atoms with Gasteiger partial charge < -0.3 is 15.4 Å². The van der Waals surface area contributed by atoms with Gasteiger partial charge in [0.25, 0.3) is 0 Å². The van der Waals surface area contributed by atoms with Crippen molar-refractivity contribution < 1.29 is 4.74 Å². The number of aromatic nitrogens is 2. The van der Waals surface area contributed by atoms with Crippen LogP contribution in [0.15, 0.2) is 24.3 Å². The molecule has 0 amide bonds. The molecule has 0 bridgehead atoms. The number of benzene rings is 1. The standard InChI is InChI=1S/C16H20N4O/c1-11-9-12(5-6-14(11)21-2)13-10-15(17)19-16(18-13)20-7-3-4-8-20/h5-6,9-10H,3-4,7-8H2,1-2H3,(H2,17,18,19). The van der Waals surface area contributed by atoms with Crippen LogP contribution in [0.3, 0.4) is 0 Å². The zero-order valence-corrected chi connectivity index (χ0v) is 12.5. The molecule has 1 saturated heterocycles. The highest BCUT2D eigenvalue weighted by Crippen LogP contribution is 2.27. The third kappa shape index (κ3) is 2.77. The fourth-order valence-corrected chi connectivity index (χ4v) is 2.70. The summed E-state index contributed by atoms with van der Waals surface area (Å²) in [4.78, 5) is 11.2. The van der Waals surface area contributed by atoms with E-state index in [9.17, 15) is 0 Å². The molecule has 1 aromatic heterocycles. The minimum atomic E-state index is 0.510. The lowest BCUT2D eigenvalue weighted by Gasteiger charge is -2.16. The zero-order valence-electron chi connectivity index (χ0n) is 12.5. The van der Waals surface area contributed by atoms with Crippen LogP contribution >= 0.6 is 0 Å². The van der Waals surface area contributed by atoms with E-state index < -0.39 is 0 Å². The monoisotopic (exact) mass is 284 g/mol. The number of nitrogen functional groups attached to an aromatic ring is 1. The smallest absolute Gasteiger partial charge is 0.227 e. The Labute approximate surface area is 124 Å². The minimum Gasteiger partial charge on any atom is -0.496 e. The summed E-state index contributed by atoms with van der Waals surface area (Å²) in [5, 5.41) is 0. The number of nitrogens with two attached hydrogens (primary N) is 1. The average molecular weight is 284 g/mol. The van der Waals surface area contributed by atoms with Crippen molar-refractivity contribution in [1.82, 2.24) is 9.97 Å². The van der Waals surface area contributed by atoms with Gasteiger partial charge in [-0.1, -0.05) is 0 Å². The molecule has 1 fully saturated rings. The summed E-state index contributed by atoms with van der Waals surface area (Å²) < 4.78 is 5.30. The summed E-state index contributed by atoms with van der Waals surface area (Å²) in [6, 6.07) is 7.84. The predicted octanol–water partition coefficient (Wildman–Crippen LogP) is 2.64. The maximum Gasteiger partial charge on any atom is 0.227 e. The molecule has 2 aromatic rings. The van der Waals surface area contributed by atoms with Gasteiger partial charge in [0.2, 0.25) is 5.95 Å². The van der Waals surface area contributed by atoms with Crippen LogP contribution in [-0.4, -0.2) is 30.2 Å². The van der Waals surface area contributed by atoms with Gasteiger partial charge >= 0.3 is 0 Å². The van der Waals surface area contributed by atoms with Crippen molar-refractivity contribution >= 4 is 11.8 Å². The SMILES string of the molecule is COc1ccc(-c2cc(N)nc(N3CCCC3)n2)cc1C. The molecule has 0 saturated carbocycles. The molecule has 0 spiro atoms. The molecule has 1 aromatic carbocycles. The fourth-order valence-electron chi connectivity index (χ4n) is 2.70. The van der Waals surface area contributed by atoms with Gasteiger partial charge in [-0.25, -0.2) is 4.98 Å². The van der Waals surface area contributed by atoms with E-state index in [2.05, 4.69) is 20.9 Å². The molecule has 3 rings (SSSR count). The molecule has 1 aliphatic heterocycles. The zero-order chi connectivity index (χ0) is 14.8. The lowest BCUT2D eigenvalue weighted by Crippen LogP contribution is -2.21. The van der Waals surface area contributed by atoms with Crippen molar-refractivity contribution in [1.29, 1.82) is 0 Å². The van der Waals surface area contributed by atoms with E-state index in [0.29, 0.717) is 5.82 Å². The molecule has 2 N–H and O–H groups in total. The molecule has 1 aliphatic rings. The molecule has 0 radical (unpaired) electrons. The molecule has 2 heterocycles. The van der Waals surface area contributed by atoms with E-state index in [4.69, 9.17) is 10.5 Å². The number of hydrogen-bond acceptors (Lipinski definition) is 5. The highest BCUT2D eigenvalue weighted by atomic mass is 16.5. The average Bonchev–Trinajstić information content (AvgIpc) is 3.01. The van der Waals surface area contributed by atoms with Crippen LogP contribution in [0.5, 0.6) is 5.75 Å². The largest absolute Gasteiger partial charge is 0.496 e. The van der Waals surface area contributed by atoms with Gasteiger partial charge in [0.1, 0.15) is 11.6 Å². The molecular formula is C16H20N4O. The Morgan fingerprint density at radius 1 is 1.14 bits per heavy atom. The Balaban J connectivity index is 1.99. The van der Waals surface area contributed by atoms with E-state index in [1.54, 1.807) is 7.11 Å². The van der Waals surface area contributed by atoms with Crippen LogP contribution in [0.25, 0.3) is 11.3 Å². The number of methoxy groups -OCH3 is 1. The number of rotatable bonds is 3. The van der Waals surface area contributed by atoms with Gasteiger partial charge in [0, 0.05) is 24.7 Å².